The number of carbonyl (C=O) groups is 2. The molecule has 0 bridgehead atoms. The Balaban J connectivity index is 0.000000321. The second-order valence-electron chi connectivity index (χ2n) is 8.95. The number of rotatable bonds is 6. The van der Waals surface area contributed by atoms with Crippen LogP contribution in [-0.2, 0) is 16.0 Å². The van der Waals surface area contributed by atoms with Crippen molar-refractivity contribution in [1.82, 2.24) is 11.5 Å². The highest BCUT2D eigenvalue weighted by Crippen LogP contribution is 2.37. The molecule has 176 valence electrons. The van der Waals surface area contributed by atoms with E-state index in [9.17, 15) is 9.59 Å². The average Bonchev–Trinajstić information content (AvgIpc) is 2.75. The van der Waals surface area contributed by atoms with Crippen LogP contribution in [0.1, 0.15) is 82.3 Å². The molecule has 0 saturated heterocycles. The number of carboxylic acid groups (broad SMARTS) is 1. The number of hydrogen-bond donors (Lipinski definition) is 3. The number of aliphatic carboxylic acids is 1. The lowest BCUT2D eigenvalue weighted by atomic mass is 9.73. The zero-order valence-electron chi connectivity index (χ0n) is 19.4. The van der Waals surface area contributed by atoms with Crippen LogP contribution < -0.4 is 11.5 Å². The van der Waals surface area contributed by atoms with Crippen molar-refractivity contribution in [2.45, 2.75) is 90.6 Å². The first-order valence-corrected chi connectivity index (χ1v) is 11.7. The van der Waals surface area contributed by atoms with Gasteiger partial charge in [0.25, 0.3) is 0 Å². The van der Waals surface area contributed by atoms with Crippen molar-refractivity contribution in [2.75, 3.05) is 6.54 Å². The van der Waals surface area contributed by atoms with Gasteiger partial charge < -0.3 is 21.3 Å². The Labute approximate surface area is 187 Å². The first-order chi connectivity index (χ1) is 14.4. The summed E-state index contributed by atoms with van der Waals surface area (Å²) in [5.74, 6) is 1.18. The summed E-state index contributed by atoms with van der Waals surface area (Å²) in [5, 5.41) is 10.5. The topological polar surface area (TPSA) is 111 Å². The van der Waals surface area contributed by atoms with Gasteiger partial charge in [-0.3, -0.25) is 4.79 Å². The van der Waals surface area contributed by atoms with Gasteiger partial charge in [0.1, 0.15) is 12.6 Å². The number of nitrogens with one attached hydrogen (secondary N) is 1. The molecule has 1 amide bonds. The summed E-state index contributed by atoms with van der Waals surface area (Å²) < 4.78 is 5.02. The third kappa shape index (κ3) is 11.2. The molecule has 2 aliphatic rings. The standard InChI is InChI=1S/C13H17NO4.C12H22.H3N/c1-9-3-5-11(6-4-9)7-10(2)18-13(17)14-8-12(15)16;1-3-7-11(8-4-1)12-9-5-2-6-10-12;/h3-6,10H,7-8H2,1-2H3,(H,14,17)(H,15,16);11-12H,1-10H2;1H3. The first kappa shape index (κ1) is 27.0. The van der Waals surface area contributed by atoms with Gasteiger partial charge in [-0.15, -0.1) is 0 Å². The minimum atomic E-state index is -1.10. The fraction of sp³-hybridized carbons (Fsp3) is 0.680. The van der Waals surface area contributed by atoms with Gasteiger partial charge in [-0.2, -0.15) is 0 Å². The molecule has 2 fully saturated rings. The second kappa shape index (κ2) is 14.8. The predicted molar refractivity (Wildman–Crippen MR) is 125 cm³/mol. The molecule has 6 heteroatoms. The quantitative estimate of drug-likeness (QED) is 0.505. The van der Waals surface area contributed by atoms with E-state index in [-0.39, 0.29) is 12.3 Å². The van der Waals surface area contributed by atoms with Crippen molar-refractivity contribution < 1.29 is 19.4 Å². The summed E-state index contributed by atoms with van der Waals surface area (Å²) in [6.07, 6.45) is 15.0. The van der Waals surface area contributed by atoms with Gasteiger partial charge in [0, 0.05) is 6.42 Å². The molecule has 1 atom stereocenters. The van der Waals surface area contributed by atoms with Gasteiger partial charge in [-0.1, -0.05) is 94.0 Å². The minimum absolute atomic E-state index is 0. The Morgan fingerprint density at radius 1 is 0.968 bits per heavy atom. The number of ether oxygens (including phenoxy) is 1. The molecule has 0 heterocycles. The summed E-state index contributed by atoms with van der Waals surface area (Å²) in [6, 6.07) is 7.94. The Kier molecular flexibility index (Phi) is 12.9. The highest BCUT2D eigenvalue weighted by molar-refractivity contribution is 5.76. The molecule has 5 N–H and O–H groups in total. The average molecular weight is 435 g/mol. The van der Waals surface area contributed by atoms with Crippen molar-refractivity contribution in [3.63, 3.8) is 0 Å². The molecule has 2 aliphatic carbocycles. The Morgan fingerprint density at radius 3 is 1.90 bits per heavy atom. The van der Waals surface area contributed by atoms with Crippen molar-refractivity contribution in [1.29, 1.82) is 0 Å². The maximum Gasteiger partial charge on any atom is 0.407 e. The number of benzene rings is 1. The predicted octanol–water partition coefficient (Wildman–Crippen LogP) is 6.05. The van der Waals surface area contributed by atoms with Gasteiger partial charge in [0.15, 0.2) is 0 Å². The second-order valence-corrected chi connectivity index (χ2v) is 8.95. The van der Waals surface area contributed by atoms with Gasteiger partial charge in [0.2, 0.25) is 0 Å². The molecule has 3 rings (SSSR count). The van der Waals surface area contributed by atoms with Crippen LogP contribution in [-0.4, -0.2) is 29.8 Å². The van der Waals surface area contributed by atoms with Gasteiger partial charge in [-0.05, 0) is 31.2 Å². The normalized spacial score (nSPS) is 18.0. The molecule has 0 aromatic heterocycles. The van der Waals surface area contributed by atoms with E-state index in [0.717, 1.165) is 17.4 Å². The molecule has 0 spiro atoms. The molecular weight excluding hydrogens is 392 g/mol. The number of carbonyl (C=O) groups excluding carboxylic acids is 1. The molecule has 0 radical (unpaired) electrons. The fourth-order valence-electron chi connectivity index (χ4n) is 4.68. The molecule has 0 aliphatic heterocycles. The lowest BCUT2D eigenvalue weighted by Gasteiger charge is -2.32. The molecule has 31 heavy (non-hydrogen) atoms. The Bertz CT molecular complexity index is 619. The molecule has 1 aromatic rings. The van der Waals surface area contributed by atoms with E-state index in [1.807, 2.05) is 31.2 Å². The number of aryl methyl sites for hydroxylation is 1. The largest absolute Gasteiger partial charge is 0.480 e. The lowest BCUT2D eigenvalue weighted by Crippen LogP contribution is -2.32. The van der Waals surface area contributed by atoms with Crippen LogP contribution in [0.3, 0.4) is 0 Å². The fourth-order valence-corrected chi connectivity index (χ4v) is 4.68. The molecule has 1 unspecified atom stereocenters. The molecule has 6 nitrogen and oxygen atoms in total. The Hall–Kier alpha value is -2.08. The van der Waals surface area contributed by atoms with Crippen molar-refractivity contribution in [3.05, 3.63) is 35.4 Å². The summed E-state index contributed by atoms with van der Waals surface area (Å²) in [7, 11) is 0. The van der Waals surface area contributed by atoms with Gasteiger partial charge in [-0.25, -0.2) is 4.79 Å². The summed E-state index contributed by atoms with van der Waals surface area (Å²) in [4.78, 5) is 21.4. The third-order valence-electron chi connectivity index (χ3n) is 6.30. The zero-order valence-corrected chi connectivity index (χ0v) is 19.4. The maximum atomic E-state index is 11.2. The van der Waals surface area contributed by atoms with Crippen LogP contribution in [0.5, 0.6) is 0 Å². The SMILES string of the molecule is C1CCC(C2CCCCC2)CC1.Cc1ccc(CC(C)OC(=O)NCC(=O)O)cc1.N. The van der Waals surface area contributed by atoms with Crippen LogP contribution in [0.15, 0.2) is 24.3 Å². The summed E-state index contributed by atoms with van der Waals surface area (Å²) in [5.41, 5.74) is 2.24. The highest BCUT2D eigenvalue weighted by Gasteiger charge is 2.24. The number of amides is 1. The van der Waals surface area contributed by atoms with Crippen LogP contribution >= 0.6 is 0 Å². The number of alkyl carbamates (subject to hydrolysis) is 1. The van der Waals surface area contributed by atoms with Crippen LogP contribution in [0, 0.1) is 18.8 Å². The van der Waals surface area contributed by atoms with Crippen molar-refractivity contribution in [2.24, 2.45) is 11.8 Å². The monoisotopic (exact) mass is 434 g/mol. The number of carboxylic acids is 1. The van der Waals surface area contributed by atoms with E-state index < -0.39 is 18.6 Å². The smallest absolute Gasteiger partial charge is 0.407 e. The van der Waals surface area contributed by atoms with E-state index >= 15 is 0 Å². The highest BCUT2D eigenvalue weighted by atomic mass is 16.6. The van der Waals surface area contributed by atoms with E-state index in [4.69, 9.17) is 9.84 Å². The van der Waals surface area contributed by atoms with Crippen molar-refractivity contribution >= 4 is 12.1 Å². The van der Waals surface area contributed by atoms with Gasteiger partial charge >= 0.3 is 12.1 Å². The van der Waals surface area contributed by atoms with Gasteiger partial charge in [0.05, 0.1) is 0 Å². The molecular formula is C25H42N2O4. The number of hydrogen-bond acceptors (Lipinski definition) is 4. The van der Waals surface area contributed by atoms with Crippen LogP contribution in [0.25, 0.3) is 0 Å². The summed E-state index contributed by atoms with van der Waals surface area (Å²) in [6.45, 7) is 3.33. The first-order valence-electron chi connectivity index (χ1n) is 11.7. The van der Waals surface area contributed by atoms with E-state index in [2.05, 4.69) is 5.32 Å². The summed E-state index contributed by atoms with van der Waals surface area (Å²) >= 11 is 0. The third-order valence-corrected chi connectivity index (χ3v) is 6.30. The van der Waals surface area contributed by atoms with E-state index in [1.54, 1.807) is 32.6 Å². The van der Waals surface area contributed by atoms with Crippen molar-refractivity contribution in [3.8, 4) is 0 Å². The van der Waals surface area contributed by atoms with Crippen LogP contribution in [0.4, 0.5) is 4.79 Å². The molecule has 1 aromatic carbocycles. The maximum absolute atomic E-state index is 11.2. The lowest BCUT2D eigenvalue weighted by molar-refractivity contribution is -0.135. The van der Waals surface area contributed by atoms with Crippen LogP contribution in [0.2, 0.25) is 0 Å². The van der Waals surface area contributed by atoms with E-state index in [0.29, 0.717) is 6.42 Å². The zero-order chi connectivity index (χ0) is 21.8. The Morgan fingerprint density at radius 2 is 1.45 bits per heavy atom. The van der Waals surface area contributed by atoms with E-state index in [1.165, 1.54) is 44.1 Å². The molecule has 2 saturated carbocycles. The minimum Gasteiger partial charge on any atom is -0.480 e.